The number of carbonyl (C=O) groups is 3. The predicted molar refractivity (Wildman–Crippen MR) is 157 cm³/mol. The van der Waals surface area contributed by atoms with Crippen molar-refractivity contribution in [2.75, 3.05) is 6.54 Å². The molecule has 0 radical (unpaired) electrons. The molecule has 1 atom stereocenters. The summed E-state index contributed by atoms with van der Waals surface area (Å²) in [5, 5.41) is 3.03. The summed E-state index contributed by atoms with van der Waals surface area (Å²) in [4.78, 5) is 41.9. The van der Waals surface area contributed by atoms with Crippen LogP contribution in [0.4, 0.5) is 0 Å². The SMILES string of the molecule is Cc1ccc(CN(C(=O)CCCN2C(=O)c3ccccc3S2(=O)=O)[C@H](Cc2ccccc2)C(=O)NC(C)(C)C)cc1. The maximum atomic E-state index is 13.8. The summed E-state index contributed by atoms with van der Waals surface area (Å²) in [5.74, 6) is -1.15. The van der Waals surface area contributed by atoms with Crippen LogP contribution >= 0.6 is 0 Å². The molecule has 1 N–H and O–H groups in total. The normalized spacial score (nSPS) is 14.8. The van der Waals surface area contributed by atoms with Crippen molar-refractivity contribution >= 4 is 27.7 Å². The molecule has 0 fully saturated rings. The van der Waals surface area contributed by atoms with Crippen molar-refractivity contribution in [2.24, 2.45) is 0 Å². The van der Waals surface area contributed by atoms with Gasteiger partial charge >= 0.3 is 0 Å². The van der Waals surface area contributed by atoms with Gasteiger partial charge in [-0.15, -0.1) is 0 Å². The first kappa shape index (κ1) is 30.0. The molecule has 0 aliphatic carbocycles. The Morgan fingerprint density at radius 1 is 0.902 bits per heavy atom. The Hall–Kier alpha value is -3.98. The lowest BCUT2D eigenvalue weighted by molar-refractivity contribution is -0.142. The summed E-state index contributed by atoms with van der Waals surface area (Å²) in [5.41, 5.74) is 2.49. The zero-order valence-corrected chi connectivity index (χ0v) is 24.8. The summed E-state index contributed by atoms with van der Waals surface area (Å²) in [6.07, 6.45) is 0.408. The van der Waals surface area contributed by atoms with E-state index in [9.17, 15) is 22.8 Å². The van der Waals surface area contributed by atoms with E-state index in [2.05, 4.69) is 5.32 Å². The number of aryl methyl sites for hydroxylation is 1. The maximum Gasteiger partial charge on any atom is 0.269 e. The summed E-state index contributed by atoms with van der Waals surface area (Å²) >= 11 is 0. The van der Waals surface area contributed by atoms with Gasteiger partial charge in [0.05, 0.1) is 5.56 Å². The molecule has 216 valence electrons. The lowest BCUT2D eigenvalue weighted by Crippen LogP contribution is -2.54. The fourth-order valence-electron chi connectivity index (χ4n) is 4.87. The van der Waals surface area contributed by atoms with Crippen molar-refractivity contribution in [3.8, 4) is 0 Å². The molecule has 1 aliphatic heterocycles. The van der Waals surface area contributed by atoms with E-state index in [4.69, 9.17) is 0 Å². The largest absolute Gasteiger partial charge is 0.350 e. The molecule has 3 amide bonds. The molecule has 4 rings (SSSR count). The fourth-order valence-corrected chi connectivity index (χ4v) is 6.47. The number of nitrogens with one attached hydrogen (secondary N) is 1. The Kier molecular flexibility index (Phi) is 8.97. The van der Waals surface area contributed by atoms with Crippen molar-refractivity contribution < 1.29 is 22.8 Å². The van der Waals surface area contributed by atoms with E-state index in [-0.39, 0.29) is 48.2 Å². The van der Waals surface area contributed by atoms with Crippen molar-refractivity contribution in [3.05, 3.63) is 101 Å². The van der Waals surface area contributed by atoms with Crippen molar-refractivity contribution in [3.63, 3.8) is 0 Å². The molecule has 1 aliphatic rings. The zero-order chi connectivity index (χ0) is 29.8. The highest BCUT2D eigenvalue weighted by molar-refractivity contribution is 7.90. The molecule has 0 unspecified atom stereocenters. The molecule has 3 aromatic carbocycles. The van der Waals surface area contributed by atoms with Gasteiger partial charge in [-0.2, -0.15) is 0 Å². The third-order valence-electron chi connectivity index (χ3n) is 6.91. The molecular weight excluding hydrogens is 538 g/mol. The Balaban J connectivity index is 1.58. The molecule has 0 spiro atoms. The minimum absolute atomic E-state index is 0.0147. The van der Waals surface area contributed by atoms with Crippen LogP contribution in [-0.4, -0.2) is 53.5 Å². The van der Waals surface area contributed by atoms with Crippen LogP contribution in [0.15, 0.2) is 83.8 Å². The van der Waals surface area contributed by atoms with Crippen LogP contribution in [0.3, 0.4) is 0 Å². The third kappa shape index (κ3) is 7.21. The van der Waals surface area contributed by atoms with Crippen molar-refractivity contribution in [2.45, 2.75) is 70.0 Å². The number of fused-ring (bicyclic) bond motifs is 1. The first-order valence-electron chi connectivity index (χ1n) is 13.7. The zero-order valence-electron chi connectivity index (χ0n) is 24.0. The second-order valence-electron chi connectivity index (χ2n) is 11.4. The number of benzene rings is 3. The summed E-state index contributed by atoms with van der Waals surface area (Å²) in [6, 6.07) is 22.6. The van der Waals surface area contributed by atoms with Crippen LogP contribution in [-0.2, 0) is 32.6 Å². The number of hydrogen-bond acceptors (Lipinski definition) is 5. The minimum atomic E-state index is -3.96. The average molecular weight is 576 g/mol. The van der Waals surface area contributed by atoms with Crippen molar-refractivity contribution in [1.29, 1.82) is 0 Å². The summed E-state index contributed by atoms with van der Waals surface area (Å²) in [7, 11) is -3.96. The smallest absolute Gasteiger partial charge is 0.269 e. The van der Waals surface area contributed by atoms with E-state index in [1.165, 1.54) is 12.1 Å². The van der Waals surface area contributed by atoms with Gasteiger partial charge in [0, 0.05) is 31.5 Å². The van der Waals surface area contributed by atoms with Gasteiger partial charge in [0.25, 0.3) is 15.9 Å². The molecule has 1 heterocycles. The maximum absolute atomic E-state index is 13.8. The van der Waals surface area contributed by atoms with E-state index >= 15 is 0 Å². The molecule has 0 saturated carbocycles. The van der Waals surface area contributed by atoms with E-state index in [1.807, 2.05) is 82.3 Å². The molecule has 3 aromatic rings. The van der Waals surface area contributed by atoms with Crippen LogP contribution in [0.2, 0.25) is 0 Å². The quantitative estimate of drug-likeness (QED) is 0.384. The van der Waals surface area contributed by atoms with Gasteiger partial charge in [-0.25, -0.2) is 12.7 Å². The highest BCUT2D eigenvalue weighted by atomic mass is 32.2. The molecule has 9 heteroatoms. The molecule has 8 nitrogen and oxygen atoms in total. The van der Waals surface area contributed by atoms with E-state index in [0.717, 1.165) is 21.0 Å². The monoisotopic (exact) mass is 575 g/mol. The van der Waals surface area contributed by atoms with Gasteiger partial charge in [-0.05, 0) is 57.4 Å². The number of carbonyl (C=O) groups excluding carboxylic acids is 3. The Bertz CT molecular complexity index is 1510. The molecule has 0 bridgehead atoms. The van der Waals surface area contributed by atoms with Crippen LogP contribution in [0, 0.1) is 6.92 Å². The Morgan fingerprint density at radius 2 is 1.54 bits per heavy atom. The van der Waals surface area contributed by atoms with Crippen molar-refractivity contribution in [1.82, 2.24) is 14.5 Å². The highest BCUT2D eigenvalue weighted by Gasteiger charge is 2.40. The Morgan fingerprint density at radius 3 is 2.17 bits per heavy atom. The predicted octanol–water partition coefficient (Wildman–Crippen LogP) is 4.47. The number of sulfonamides is 1. The topological polar surface area (TPSA) is 104 Å². The van der Waals surface area contributed by atoms with Gasteiger partial charge < -0.3 is 10.2 Å². The van der Waals surface area contributed by atoms with Gasteiger partial charge in [0.15, 0.2) is 0 Å². The summed E-state index contributed by atoms with van der Waals surface area (Å²) in [6.45, 7) is 7.73. The van der Waals surface area contributed by atoms with Crippen LogP contribution in [0.25, 0.3) is 0 Å². The van der Waals surface area contributed by atoms with Gasteiger partial charge in [-0.3, -0.25) is 14.4 Å². The fraction of sp³-hybridized carbons (Fsp3) is 0.344. The second kappa shape index (κ2) is 12.3. The molecule has 0 aromatic heterocycles. The first-order valence-corrected chi connectivity index (χ1v) is 15.2. The number of nitrogens with zero attached hydrogens (tertiary/aromatic N) is 2. The Labute approximate surface area is 242 Å². The highest BCUT2D eigenvalue weighted by Crippen LogP contribution is 2.30. The third-order valence-corrected chi connectivity index (χ3v) is 8.75. The first-order chi connectivity index (χ1) is 19.4. The van der Waals surface area contributed by atoms with Crippen LogP contribution in [0.1, 0.15) is 60.7 Å². The molecular formula is C32H37N3O5S. The average Bonchev–Trinajstić information content (AvgIpc) is 3.11. The van der Waals surface area contributed by atoms with Crippen LogP contribution < -0.4 is 5.32 Å². The molecule has 0 saturated heterocycles. The standard InChI is InChI=1S/C32H37N3O5S/c1-23-16-18-25(19-17-23)22-34(27(30(37)33-32(2,3)4)21-24-11-6-5-7-12-24)29(36)15-10-20-35-31(38)26-13-8-9-14-28(26)41(35,39)40/h5-9,11-14,16-19,27H,10,15,20-22H2,1-4H3,(H,33,37)/t27-/m1/s1. The molecule has 41 heavy (non-hydrogen) atoms. The van der Waals surface area contributed by atoms with E-state index < -0.39 is 27.5 Å². The number of rotatable bonds is 10. The van der Waals surface area contributed by atoms with Crippen LogP contribution in [0.5, 0.6) is 0 Å². The van der Waals surface area contributed by atoms with E-state index in [0.29, 0.717) is 6.42 Å². The van der Waals surface area contributed by atoms with Gasteiger partial charge in [-0.1, -0.05) is 72.3 Å². The van der Waals surface area contributed by atoms with Gasteiger partial charge in [0.1, 0.15) is 10.9 Å². The number of amides is 3. The lowest BCUT2D eigenvalue weighted by atomic mass is 10.00. The summed E-state index contributed by atoms with van der Waals surface area (Å²) < 4.78 is 26.8. The lowest BCUT2D eigenvalue weighted by Gasteiger charge is -2.34. The second-order valence-corrected chi connectivity index (χ2v) is 13.3. The number of hydrogen-bond donors (Lipinski definition) is 1. The minimum Gasteiger partial charge on any atom is -0.350 e. The van der Waals surface area contributed by atoms with Gasteiger partial charge in [0.2, 0.25) is 11.8 Å². The van der Waals surface area contributed by atoms with E-state index in [1.54, 1.807) is 17.0 Å².